The van der Waals surface area contributed by atoms with Gasteiger partial charge in [-0.05, 0) is 41.0 Å². The maximum Gasteiger partial charge on any atom is 0.325 e. The normalized spacial score (nSPS) is 23.6. The van der Waals surface area contributed by atoms with E-state index in [2.05, 4.69) is 17.2 Å². The SMILES string of the molecule is COC(=O)C(CC#Cc1ccc2c(c1)[C@]1(C(=O)N2)[C@H](c2ccccc2OCCO)N2[C@H](c3ccccc3)[C@H](c3ccccc3)OC(=O)[C@H]2[C@@H]1C(=O)O)C(=O)OC. The predicted octanol–water partition coefficient (Wildman–Crippen LogP) is 4.12. The average Bonchev–Trinajstić information content (AvgIpc) is 3.70. The van der Waals surface area contributed by atoms with Crippen molar-refractivity contribution in [1.82, 2.24) is 4.90 Å². The maximum absolute atomic E-state index is 15.0. The van der Waals surface area contributed by atoms with E-state index in [1.54, 1.807) is 47.4 Å². The second-order valence-corrected chi connectivity index (χ2v) is 13.5. The van der Waals surface area contributed by atoms with Gasteiger partial charge in [0.1, 0.15) is 35.8 Å². The lowest BCUT2D eigenvalue weighted by atomic mass is 9.65. The second-order valence-electron chi connectivity index (χ2n) is 13.5. The number of esters is 3. The van der Waals surface area contributed by atoms with E-state index in [0.29, 0.717) is 27.9 Å². The molecule has 7 rings (SSSR count). The Bertz CT molecular complexity index is 2220. The minimum absolute atomic E-state index is 0.0972. The van der Waals surface area contributed by atoms with E-state index in [1.165, 1.54) is 0 Å². The van der Waals surface area contributed by atoms with E-state index in [0.717, 1.165) is 14.2 Å². The predicted molar refractivity (Wildman–Crippen MR) is 199 cm³/mol. The van der Waals surface area contributed by atoms with Crippen LogP contribution in [0.1, 0.15) is 52.4 Å². The lowest BCUT2D eigenvalue weighted by Gasteiger charge is -2.46. The smallest absolute Gasteiger partial charge is 0.325 e. The Balaban J connectivity index is 1.49. The third kappa shape index (κ3) is 6.32. The first-order chi connectivity index (χ1) is 27.2. The third-order valence-electron chi connectivity index (χ3n) is 10.6. The van der Waals surface area contributed by atoms with Gasteiger partial charge < -0.3 is 34.5 Å². The number of nitrogens with one attached hydrogen (secondary N) is 1. The Labute approximate surface area is 322 Å². The molecule has 13 heteroatoms. The van der Waals surface area contributed by atoms with Crippen LogP contribution in [0.4, 0.5) is 5.69 Å². The molecule has 0 unspecified atom stereocenters. The standard InChI is InChI=1S/C43H38N2O11/c1-53-39(49)29(40(50)54-2)18-11-12-25-20-21-31-30(24-25)43(42(52)44-31)33(38(47)48)35-41(51)56-36(27-15-7-4-8-16-27)34(26-13-5-3-6-14-26)45(35)37(43)28-17-9-10-19-32(28)55-23-22-46/h3-10,13-17,19-21,24,29,33-37,46H,18,22-23H2,1-2H3,(H,44,52)(H,47,48)/t33-,34-,35-,36+,37+,43-/m1/s1. The maximum atomic E-state index is 15.0. The molecule has 4 aromatic carbocycles. The molecule has 0 bridgehead atoms. The molecule has 1 spiro atoms. The first kappa shape index (κ1) is 37.8. The highest BCUT2D eigenvalue weighted by molar-refractivity contribution is 6.11. The molecule has 56 heavy (non-hydrogen) atoms. The van der Waals surface area contributed by atoms with Crippen LogP contribution in [0.15, 0.2) is 103 Å². The number of fused-ring (bicyclic) bond motifs is 3. The van der Waals surface area contributed by atoms with Crippen molar-refractivity contribution < 1.29 is 53.1 Å². The number of hydrogen-bond donors (Lipinski definition) is 3. The van der Waals surface area contributed by atoms with Crippen molar-refractivity contribution >= 4 is 35.5 Å². The fraction of sp³-hybridized carbons (Fsp3) is 0.279. The molecule has 2 fully saturated rings. The number of aliphatic hydroxyl groups is 1. The number of rotatable bonds is 10. The number of aliphatic carboxylic acids is 1. The van der Waals surface area contributed by atoms with E-state index in [1.807, 2.05) is 60.7 Å². The summed E-state index contributed by atoms with van der Waals surface area (Å²) in [6, 6.07) is 26.6. The Morgan fingerprint density at radius 3 is 2.16 bits per heavy atom. The lowest BCUT2D eigenvalue weighted by Crippen LogP contribution is -2.52. The summed E-state index contributed by atoms with van der Waals surface area (Å²) < 4.78 is 21.8. The number of amides is 1. The molecule has 13 nitrogen and oxygen atoms in total. The molecule has 6 atom stereocenters. The zero-order valence-corrected chi connectivity index (χ0v) is 30.4. The summed E-state index contributed by atoms with van der Waals surface area (Å²) in [6.07, 6.45) is -1.16. The molecular weight excluding hydrogens is 720 g/mol. The van der Waals surface area contributed by atoms with Gasteiger partial charge in [0, 0.05) is 23.2 Å². The monoisotopic (exact) mass is 758 g/mol. The van der Waals surface area contributed by atoms with Crippen molar-refractivity contribution in [1.29, 1.82) is 0 Å². The lowest BCUT2D eigenvalue weighted by molar-refractivity contribution is -0.179. The van der Waals surface area contributed by atoms with E-state index in [-0.39, 0.29) is 30.9 Å². The van der Waals surface area contributed by atoms with Gasteiger partial charge in [0.25, 0.3) is 0 Å². The summed E-state index contributed by atoms with van der Waals surface area (Å²) in [5.41, 5.74) is 0.729. The molecule has 3 aliphatic heterocycles. The van der Waals surface area contributed by atoms with Gasteiger partial charge in [-0.3, -0.25) is 28.9 Å². The van der Waals surface area contributed by atoms with Gasteiger partial charge in [-0.1, -0.05) is 90.7 Å². The van der Waals surface area contributed by atoms with E-state index in [9.17, 15) is 34.2 Å². The second kappa shape index (κ2) is 15.7. The summed E-state index contributed by atoms with van der Waals surface area (Å²) in [7, 11) is 2.29. The molecule has 0 radical (unpaired) electrons. The molecule has 3 N–H and O–H groups in total. The number of carboxylic acid groups (broad SMARTS) is 1. The number of carbonyl (C=O) groups is 5. The summed E-state index contributed by atoms with van der Waals surface area (Å²) in [4.78, 5) is 69.8. The van der Waals surface area contributed by atoms with Crippen molar-refractivity contribution in [3.05, 3.63) is 131 Å². The number of para-hydroxylation sites is 1. The van der Waals surface area contributed by atoms with Crippen molar-refractivity contribution in [2.75, 3.05) is 32.8 Å². The zero-order valence-electron chi connectivity index (χ0n) is 30.4. The van der Waals surface area contributed by atoms with Gasteiger partial charge in [-0.25, -0.2) is 0 Å². The largest absolute Gasteiger partial charge is 0.491 e. The number of ether oxygens (including phenoxy) is 4. The van der Waals surface area contributed by atoms with Gasteiger partial charge in [0.05, 0.1) is 32.9 Å². The molecule has 3 aliphatic rings. The number of hydrogen-bond acceptors (Lipinski definition) is 11. The molecule has 2 saturated heterocycles. The van der Waals surface area contributed by atoms with Gasteiger partial charge in [0.15, 0.2) is 5.92 Å². The highest BCUT2D eigenvalue weighted by Crippen LogP contribution is 2.65. The first-order valence-electron chi connectivity index (χ1n) is 17.9. The van der Waals surface area contributed by atoms with Crippen molar-refractivity contribution in [2.45, 2.75) is 36.1 Å². The molecule has 0 aromatic heterocycles. The van der Waals surface area contributed by atoms with Gasteiger partial charge in [-0.15, -0.1) is 0 Å². The Hall–Kier alpha value is -6.49. The van der Waals surface area contributed by atoms with Crippen LogP contribution >= 0.6 is 0 Å². The van der Waals surface area contributed by atoms with Gasteiger partial charge >= 0.3 is 23.9 Å². The van der Waals surface area contributed by atoms with Crippen LogP contribution in [0.5, 0.6) is 5.75 Å². The number of cyclic esters (lactones) is 1. The third-order valence-corrected chi connectivity index (χ3v) is 10.6. The molecular formula is C43H38N2O11. The fourth-order valence-electron chi connectivity index (χ4n) is 8.42. The minimum atomic E-state index is -1.99. The van der Waals surface area contributed by atoms with Crippen molar-refractivity contribution in [3.63, 3.8) is 0 Å². The molecule has 1 amide bonds. The summed E-state index contributed by atoms with van der Waals surface area (Å²) in [5.74, 6) is -1.46. The zero-order chi connectivity index (χ0) is 39.6. The molecule has 4 aromatic rings. The Kier molecular flexibility index (Phi) is 10.6. The van der Waals surface area contributed by atoms with E-state index >= 15 is 0 Å². The molecule has 0 saturated carbocycles. The number of benzene rings is 4. The highest BCUT2D eigenvalue weighted by Gasteiger charge is 2.74. The van der Waals surface area contributed by atoms with Crippen LogP contribution in [0.25, 0.3) is 0 Å². The number of nitrogens with zero attached hydrogens (tertiary/aromatic N) is 1. The van der Waals surface area contributed by atoms with Crippen molar-refractivity contribution in [3.8, 4) is 17.6 Å². The fourth-order valence-corrected chi connectivity index (χ4v) is 8.42. The summed E-state index contributed by atoms with van der Waals surface area (Å²) >= 11 is 0. The van der Waals surface area contributed by atoms with E-state index in [4.69, 9.17) is 18.9 Å². The topological polar surface area (TPSA) is 178 Å². The van der Waals surface area contributed by atoms with Crippen LogP contribution in [0, 0.1) is 23.7 Å². The number of aliphatic hydroxyl groups excluding tert-OH is 1. The quantitative estimate of drug-likeness (QED) is 0.0914. The van der Waals surface area contributed by atoms with E-state index < -0.39 is 71.3 Å². The Morgan fingerprint density at radius 2 is 1.52 bits per heavy atom. The van der Waals surface area contributed by atoms with Gasteiger partial charge in [0.2, 0.25) is 5.91 Å². The Morgan fingerprint density at radius 1 is 0.875 bits per heavy atom. The summed E-state index contributed by atoms with van der Waals surface area (Å²) in [6.45, 7) is -0.415. The number of carbonyl (C=O) groups excluding carboxylic acids is 4. The van der Waals surface area contributed by atoms with Crippen LogP contribution in [0.2, 0.25) is 0 Å². The number of carboxylic acids is 1. The molecule has 3 heterocycles. The minimum Gasteiger partial charge on any atom is -0.491 e. The van der Waals surface area contributed by atoms with Crippen LogP contribution in [-0.4, -0.2) is 78.4 Å². The van der Waals surface area contributed by atoms with Crippen LogP contribution < -0.4 is 10.1 Å². The molecule has 0 aliphatic carbocycles. The highest BCUT2D eigenvalue weighted by atomic mass is 16.6. The first-order valence-corrected chi connectivity index (χ1v) is 17.9. The number of methoxy groups -OCH3 is 2. The van der Waals surface area contributed by atoms with Crippen LogP contribution in [-0.2, 0) is 43.6 Å². The van der Waals surface area contributed by atoms with Crippen molar-refractivity contribution in [2.24, 2.45) is 11.8 Å². The average molecular weight is 759 g/mol. The molecule has 286 valence electrons. The van der Waals surface area contributed by atoms with Gasteiger partial charge in [-0.2, -0.15) is 0 Å². The number of anilines is 1. The van der Waals surface area contributed by atoms with Crippen LogP contribution in [0.3, 0.4) is 0 Å². The summed E-state index contributed by atoms with van der Waals surface area (Å²) in [5, 5.41) is 24.0. The number of morpholine rings is 1.